The van der Waals surface area contributed by atoms with Gasteiger partial charge < -0.3 is 15.4 Å². The number of carbonyl (C=O) groups is 1. The molecule has 2 aromatic carbocycles. The summed E-state index contributed by atoms with van der Waals surface area (Å²) in [4.78, 5) is 13.5. The lowest BCUT2D eigenvalue weighted by Crippen LogP contribution is -2.26. The van der Waals surface area contributed by atoms with E-state index in [9.17, 15) is 13.6 Å². The van der Waals surface area contributed by atoms with E-state index < -0.39 is 17.5 Å². The number of methoxy groups -OCH3 is 1. The van der Waals surface area contributed by atoms with Gasteiger partial charge in [0.25, 0.3) is 5.91 Å². The maximum absolute atomic E-state index is 13.5. The van der Waals surface area contributed by atoms with E-state index in [0.29, 0.717) is 11.4 Å². The number of halogens is 2. The molecular weight excluding hydrogens is 278 g/mol. The van der Waals surface area contributed by atoms with Crippen LogP contribution in [0.2, 0.25) is 0 Å². The Morgan fingerprint density at radius 3 is 2.52 bits per heavy atom. The van der Waals surface area contributed by atoms with Crippen molar-refractivity contribution < 1.29 is 18.3 Å². The smallest absolute Gasteiger partial charge is 0.258 e. The van der Waals surface area contributed by atoms with Crippen molar-refractivity contribution in [1.82, 2.24) is 0 Å². The number of hydrogen-bond acceptors (Lipinski definition) is 3. The Kier molecular flexibility index (Phi) is 4.07. The molecule has 1 amide bonds. The molecule has 0 heterocycles. The van der Waals surface area contributed by atoms with E-state index in [1.165, 1.54) is 49.4 Å². The fraction of sp³-hybridized carbons (Fsp3) is 0.133. The van der Waals surface area contributed by atoms with Crippen LogP contribution in [0.4, 0.5) is 20.2 Å². The predicted octanol–water partition coefficient (Wildman–Crippen LogP) is 2.83. The molecule has 2 N–H and O–H groups in total. The number of amides is 1. The van der Waals surface area contributed by atoms with E-state index in [-0.39, 0.29) is 11.3 Å². The summed E-state index contributed by atoms with van der Waals surface area (Å²) in [5.74, 6) is -1.26. The SMILES string of the molecule is COc1cc(F)cc(N(C)C(=O)c2ccc(F)c(N)c2)c1. The minimum absolute atomic E-state index is 0.119. The monoisotopic (exact) mass is 292 g/mol. The van der Waals surface area contributed by atoms with Crippen molar-refractivity contribution >= 4 is 17.3 Å². The molecule has 0 saturated heterocycles. The second kappa shape index (κ2) is 5.78. The van der Waals surface area contributed by atoms with Crippen LogP contribution in [0.15, 0.2) is 36.4 Å². The average Bonchev–Trinajstić information content (AvgIpc) is 2.47. The normalized spacial score (nSPS) is 10.3. The first kappa shape index (κ1) is 14.8. The number of anilines is 2. The lowest BCUT2D eigenvalue weighted by molar-refractivity contribution is 0.0993. The van der Waals surface area contributed by atoms with Gasteiger partial charge in [0.2, 0.25) is 0 Å². The molecule has 0 unspecified atom stereocenters. The number of carbonyl (C=O) groups excluding carboxylic acids is 1. The fourth-order valence-corrected chi connectivity index (χ4v) is 1.85. The molecule has 21 heavy (non-hydrogen) atoms. The summed E-state index contributed by atoms with van der Waals surface area (Å²) >= 11 is 0. The maximum Gasteiger partial charge on any atom is 0.258 e. The van der Waals surface area contributed by atoms with E-state index in [4.69, 9.17) is 10.5 Å². The molecule has 0 spiro atoms. The molecule has 6 heteroatoms. The summed E-state index contributed by atoms with van der Waals surface area (Å²) in [6.45, 7) is 0. The van der Waals surface area contributed by atoms with Crippen LogP contribution in [0, 0.1) is 11.6 Å². The van der Waals surface area contributed by atoms with Gasteiger partial charge in [-0.25, -0.2) is 8.78 Å². The Hall–Kier alpha value is -2.63. The summed E-state index contributed by atoms with van der Waals surface area (Å²) in [7, 11) is 2.89. The maximum atomic E-state index is 13.5. The van der Waals surface area contributed by atoms with Crippen LogP contribution in [-0.2, 0) is 0 Å². The molecule has 0 aromatic heterocycles. The number of rotatable bonds is 3. The second-order valence-electron chi connectivity index (χ2n) is 4.45. The van der Waals surface area contributed by atoms with Gasteiger partial charge in [-0.2, -0.15) is 0 Å². The third kappa shape index (κ3) is 3.10. The molecule has 0 aliphatic heterocycles. The molecule has 0 saturated carbocycles. The summed E-state index contributed by atoms with van der Waals surface area (Å²) in [6, 6.07) is 7.60. The Bertz CT molecular complexity index is 689. The third-order valence-electron chi connectivity index (χ3n) is 3.03. The van der Waals surface area contributed by atoms with Gasteiger partial charge in [0, 0.05) is 24.7 Å². The van der Waals surface area contributed by atoms with Gasteiger partial charge in [-0.1, -0.05) is 0 Å². The number of hydrogen-bond donors (Lipinski definition) is 1. The van der Waals surface area contributed by atoms with Crippen molar-refractivity contribution in [3.05, 3.63) is 53.6 Å². The molecule has 2 aromatic rings. The Labute approximate surface area is 120 Å². The van der Waals surface area contributed by atoms with Gasteiger partial charge in [0.1, 0.15) is 17.4 Å². The molecular formula is C15H14F2N2O2. The Balaban J connectivity index is 2.34. The van der Waals surface area contributed by atoms with Crippen molar-refractivity contribution in [2.75, 3.05) is 24.8 Å². The highest BCUT2D eigenvalue weighted by Gasteiger charge is 2.16. The molecule has 4 nitrogen and oxygen atoms in total. The molecule has 0 fully saturated rings. The number of benzene rings is 2. The van der Waals surface area contributed by atoms with Crippen LogP contribution in [0.3, 0.4) is 0 Å². The van der Waals surface area contributed by atoms with Gasteiger partial charge in [-0.05, 0) is 24.3 Å². The minimum Gasteiger partial charge on any atom is -0.497 e. The molecule has 2 rings (SSSR count). The summed E-state index contributed by atoms with van der Waals surface area (Å²) < 4.78 is 31.6. The van der Waals surface area contributed by atoms with Crippen molar-refractivity contribution in [1.29, 1.82) is 0 Å². The topological polar surface area (TPSA) is 55.6 Å². The zero-order chi connectivity index (χ0) is 15.6. The van der Waals surface area contributed by atoms with Crippen molar-refractivity contribution in [2.24, 2.45) is 0 Å². The van der Waals surface area contributed by atoms with E-state index in [1.54, 1.807) is 0 Å². The fourth-order valence-electron chi connectivity index (χ4n) is 1.85. The molecule has 110 valence electrons. The summed E-state index contributed by atoms with van der Waals surface area (Å²) in [5, 5.41) is 0. The number of nitrogens with two attached hydrogens (primary N) is 1. The van der Waals surface area contributed by atoms with Gasteiger partial charge in [0.15, 0.2) is 0 Å². The highest BCUT2D eigenvalue weighted by atomic mass is 19.1. The van der Waals surface area contributed by atoms with E-state index in [2.05, 4.69) is 0 Å². The molecule has 0 radical (unpaired) electrons. The van der Waals surface area contributed by atoms with Crippen LogP contribution in [0.1, 0.15) is 10.4 Å². The lowest BCUT2D eigenvalue weighted by atomic mass is 10.1. The van der Waals surface area contributed by atoms with Crippen molar-refractivity contribution in [2.45, 2.75) is 0 Å². The van der Waals surface area contributed by atoms with Gasteiger partial charge >= 0.3 is 0 Å². The van der Waals surface area contributed by atoms with Crippen molar-refractivity contribution in [3.8, 4) is 5.75 Å². The largest absolute Gasteiger partial charge is 0.497 e. The molecule has 0 bridgehead atoms. The molecule has 0 atom stereocenters. The summed E-state index contributed by atoms with van der Waals surface area (Å²) in [5.41, 5.74) is 5.85. The molecule has 0 aliphatic rings. The molecule has 0 aliphatic carbocycles. The standard InChI is InChI=1S/C15H14F2N2O2/c1-19(11-6-10(16)7-12(8-11)21-2)15(20)9-3-4-13(17)14(18)5-9/h3-8H,18H2,1-2H3. The lowest BCUT2D eigenvalue weighted by Gasteiger charge is -2.18. The van der Waals surface area contributed by atoms with Crippen molar-refractivity contribution in [3.63, 3.8) is 0 Å². The van der Waals surface area contributed by atoms with Gasteiger partial charge in [-0.3, -0.25) is 4.79 Å². The van der Waals surface area contributed by atoms with Crippen LogP contribution >= 0.6 is 0 Å². The first-order valence-corrected chi connectivity index (χ1v) is 6.10. The first-order valence-electron chi connectivity index (χ1n) is 6.10. The van der Waals surface area contributed by atoms with E-state index in [1.807, 2.05) is 0 Å². The highest BCUT2D eigenvalue weighted by Crippen LogP contribution is 2.24. The van der Waals surface area contributed by atoms with E-state index in [0.717, 1.165) is 6.07 Å². The van der Waals surface area contributed by atoms with Crippen LogP contribution in [-0.4, -0.2) is 20.1 Å². The minimum atomic E-state index is -0.596. The number of nitrogens with zero attached hydrogens (tertiary/aromatic N) is 1. The third-order valence-corrected chi connectivity index (χ3v) is 3.03. The zero-order valence-electron chi connectivity index (χ0n) is 11.6. The second-order valence-corrected chi connectivity index (χ2v) is 4.45. The van der Waals surface area contributed by atoms with Crippen LogP contribution in [0.5, 0.6) is 5.75 Å². The number of nitrogen functional groups attached to an aromatic ring is 1. The zero-order valence-corrected chi connectivity index (χ0v) is 11.6. The van der Waals surface area contributed by atoms with Gasteiger partial charge in [0.05, 0.1) is 18.5 Å². The average molecular weight is 292 g/mol. The quantitative estimate of drug-likeness (QED) is 0.885. The van der Waals surface area contributed by atoms with Gasteiger partial charge in [-0.15, -0.1) is 0 Å². The number of ether oxygens (including phenoxy) is 1. The Morgan fingerprint density at radius 1 is 1.19 bits per heavy atom. The summed E-state index contributed by atoms with van der Waals surface area (Å²) in [6.07, 6.45) is 0. The predicted molar refractivity (Wildman–Crippen MR) is 76.5 cm³/mol. The van der Waals surface area contributed by atoms with E-state index >= 15 is 0 Å². The Morgan fingerprint density at radius 2 is 1.90 bits per heavy atom. The highest BCUT2D eigenvalue weighted by molar-refractivity contribution is 6.06. The first-order chi connectivity index (χ1) is 9.92. The van der Waals surface area contributed by atoms with Crippen LogP contribution in [0.25, 0.3) is 0 Å². The van der Waals surface area contributed by atoms with Crippen LogP contribution < -0.4 is 15.4 Å².